The van der Waals surface area contributed by atoms with Crippen LogP contribution < -0.4 is 5.73 Å². The summed E-state index contributed by atoms with van der Waals surface area (Å²) in [4.78, 5) is 1.96. The predicted octanol–water partition coefficient (Wildman–Crippen LogP) is -0.0132. The van der Waals surface area contributed by atoms with Gasteiger partial charge in [0.25, 0.3) is 0 Å². The van der Waals surface area contributed by atoms with E-state index in [1.807, 2.05) is 38.2 Å². The van der Waals surface area contributed by atoms with Gasteiger partial charge in [-0.1, -0.05) is 5.16 Å². The Balaban J connectivity index is 2.59. The second kappa shape index (κ2) is 4.79. The fourth-order valence-corrected chi connectivity index (χ4v) is 1.25. The first kappa shape index (κ1) is 11.5. The van der Waals surface area contributed by atoms with Crippen LogP contribution in [-0.4, -0.2) is 38.8 Å². The molecule has 1 rings (SSSR count). The van der Waals surface area contributed by atoms with Crippen molar-refractivity contribution in [2.45, 2.75) is 19.5 Å². The SMILES string of the molecule is CC(/C(N)=N/O)N(C)Cc1ccn(C)n1. The molecule has 0 spiro atoms. The lowest BCUT2D eigenvalue weighted by Crippen LogP contribution is -2.40. The van der Waals surface area contributed by atoms with Crippen LogP contribution in [0.5, 0.6) is 0 Å². The van der Waals surface area contributed by atoms with Crippen molar-refractivity contribution in [2.75, 3.05) is 7.05 Å². The fourth-order valence-electron chi connectivity index (χ4n) is 1.25. The molecule has 1 aromatic heterocycles. The molecule has 3 N–H and O–H groups in total. The molecule has 1 aromatic rings. The van der Waals surface area contributed by atoms with E-state index >= 15 is 0 Å². The molecule has 15 heavy (non-hydrogen) atoms. The number of rotatable bonds is 4. The zero-order valence-corrected chi connectivity index (χ0v) is 9.25. The summed E-state index contributed by atoms with van der Waals surface area (Å²) in [6.45, 7) is 2.54. The predicted molar refractivity (Wildman–Crippen MR) is 57.5 cm³/mol. The molecule has 0 saturated carbocycles. The third-order valence-electron chi connectivity index (χ3n) is 2.38. The summed E-state index contributed by atoms with van der Waals surface area (Å²) in [5.74, 6) is 0.202. The summed E-state index contributed by atoms with van der Waals surface area (Å²) in [5.41, 5.74) is 6.47. The fraction of sp³-hybridized carbons (Fsp3) is 0.556. The van der Waals surface area contributed by atoms with Crippen molar-refractivity contribution in [1.29, 1.82) is 0 Å². The van der Waals surface area contributed by atoms with Crippen LogP contribution >= 0.6 is 0 Å². The first-order chi connectivity index (χ1) is 7.04. The van der Waals surface area contributed by atoms with Crippen molar-refractivity contribution >= 4 is 5.84 Å². The molecule has 1 atom stereocenters. The number of aryl methyl sites for hydroxylation is 1. The van der Waals surface area contributed by atoms with Gasteiger partial charge in [0.15, 0.2) is 5.84 Å². The van der Waals surface area contributed by atoms with Gasteiger partial charge in [-0.3, -0.25) is 9.58 Å². The first-order valence-corrected chi connectivity index (χ1v) is 4.70. The lowest BCUT2D eigenvalue weighted by atomic mass is 10.2. The third-order valence-corrected chi connectivity index (χ3v) is 2.38. The molecule has 0 amide bonds. The Hall–Kier alpha value is -1.56. The number of nitrogens with zero attached hydrogens (tertiary/aromatic N) is 4. The standard InChI is InChI=1S/C9H17N5O/c1-7(9(10)12-15)13(2)6-8-4-5-14(3)11-8/h4-5,7,15H,6H2,1-3H3,(H2,10,12). The Morgan fingerprint density at radius 1 is 1.80 bits per heavy atom. The van der Waals surface area contributed by atoms with E-state index in [1.54, 1.807) is 4.68 Å². The quantitative estimate of drug-likeness (QED) is 0.317. The number of hydrogen-bond donors (Lipinski definition) is 2. The Kier molecular flexibility index (Phi) is 3.68. The van der Waals surface area contributed by atoms with Crippen LogP contribution in [0.2, 0.25) is 0 Å². The van der Waals surface area contributed by atoms with Crippen LogP contribution in [0.25, 0.3) is 0 Å². The maximum absolute atomic E-state index is 8.54. The molecule has 6 heteroatoms. The topological polar surface area (TPSA) is 79.7 Å². The van der Waals surface area contributed by atoms with Gasteiger partial charge in [0.1, 0.15) is 0 Å². The number of nitrogens with two attached hydrogens (primary N) is 1. The highest BCUT2D eigenvalue weighted by atomic mass is 16.4. The Bertz CT molecular complexity index is 346. The summed E-state index contributed by atoms with van der Waals surface area (Å²) in [5, 5.41) is 15.8. The second-order valence-corrected chi connectivity index (χ2v) is 3.60. The molecule has 0 aliphatic heterocycles. The van der Waals surface area contributed by atoms with Crippen molar-refractivity contribution in [3.05, 3.63) is 18.0 Å². The molecular formula is C9H17N5O. The van der Waals surface area contributed by atoms with E-state index < -0.39 is 0 Å². The van der Waals surface area contributed by atoms with Gasteiger partial charge in [-0.05, 0) is 20.0 Å². The van der Waals surface area contributed by atoms with Crippen molar-refractivity contribution in [3.63, 3.8) is 0 Å². The van der Waals surface area contributed by atoms with Gasteiger partial charge in [-0.2, -0.15) is 5.10 Å². The molecule has 84 valence electrons. The van der Waals surface area contributed by atoms with Crippen LogP contribution in [0.4, 0.5) is 0 Å². The average Bonchev–Trinajstić information content (AvgIpc) is 2.61. The molecule has 0 aliphatic rings. The number of aromatic nitrogens is 2. The molecule has 0 saturated heterocycles. The molecule has 1 unspecified atom stereocenters. The van der Waals surface area contributed by atoms with Gasteiger partial charge in [-0.25, -0.2) is 0 Å². The minimum absolute atomic E-state index is 0.114. The summed E-state index contributed by atoms with van der Waals surface area (Å²) in [6.07, 6.45) is 1.89. The normalized spacial score (nSPS) is 14.5. The van der Waals surface area contributed by atoms with Gasteiger partial charge in [0.2, 0.25) is 0 Å². The molecule has 6 nitrogen and oxygen atoms in total. The van der Waals surface area contributed by atoms with Gasteiger partial charge in [0, 0.05) is 19.8 Å². The Morgan fingerprint density at radius 2 is 2.47 bits per heavy atom. The minimum atomic E-state index is -0.114. The van der Waals surface area contributed by atoms with Crippen molar-refractivity contribution in [1.82, 2.24) is 14.7 Å². The smallest absolute Gasteiger partial charge is 0.156 e. The molecule has 0 bridgehead atoms. The number of hydrogen-bond acceptors (Lipinski definition) is 4. The molecular weight excluding hydrogens is 194 g/mol. The maximum Gasteiger partial charge on any atom is 0.156 e. The Morgan fingerprint density at radius 3 is 2.93 bits per heavy atom. The van der Waals surface area contributed by atoms with Crippen LogP contribution in [0, 0.1) is 0 Å². The summed E-state index contributed by atoms with van der Waals surface area (Å²) >= 11 is 0. The zero-order chi connectivity index (χ0) is 11.4. The summed E-state index contributed by atoms with van der Waals surface area (Å²) in [6, 6.07) is 1.83. The first-order valence-electron chi connectivity index (χ1n) is 4.70. The van der Waals surface area contributed by atoms with Crippen LogP contribution in [0.15, 0.2) is 17.4 Å². The van der Waals surface area contributed by atoms with Crippen LogP contribution in [-0.2, 0) is 13.6 Å². The molecule has 0 aromatic carbocycles. The van der Waals surface area contributed by atoms with E-state index in [9.17, 15) is 0 Å². The highest BCUT2D eigenvalue weighted by Crippen LogP contribution is 2.03. The van der Waals surface area contributed by atoms with Crippen LogP contribution in [0.3, 0.4) is 0 Å². The van der Waals surface area contributed by atoms with E-state index in [0.717, 1.165) is 5.69 Å². The van der Waals surface area contributed by atoms with E-state index in [1.165, 1.54) is 0 Å². The van der Waals surface area contributed by atoms with Crippen molar-refractivity contribution < 1.29 is 5.21 Å². The van der Waals surface area contributed by atoms with E-state index in [4.69, 9.17) is 10.9 Å². The largest absolute Gasteiger partial charge is 0.409 e. The van der Waals surface area contributed by atoms with Crippen molar-refractivity contribution in [2.24, 2.45) is 17.9 Å². The van der Waals surface area contributed by atoms with E-state index in [-0.39, 0.29) is 11.9 Å². The van der Waals surface area contributed by atoms with Gasteiger partial charge in [0.05, 0.1) is 11.7 Å². The zero-order valence-electron chi connectivity index (χ0n) is 9.25. The lowest BCUT2D eigenvalue weighted by molar-refractivity contribution is 0.276. The molecule has 0 aliphatic carbocycles. The molecule has 0 fully saturated rings. The number of oxime groups is 1. The van der Waals surface area contributed by atoms with Crippen molar-refractivity contribution in [3.8, 4) is 0 Å². The monoisotopic (exact) mass is 211 g/mol. The lowest BCUT2D eigenvalue weighted by Gasteiger charge is -2.22. The minimum Gasteiger partial charge on any atom is -0.409 e. The number of likely N-dealkylation sites (N-methyl/N-ethyl adjacent to an activating group) is 1. The molecule has 0 radical (unpaired) electrons. The maximum atomic E-state index is 8.54. The highest BCUT2D eigenvalue weighted by molar-refractivity contribution is 5.84. The van der Waals surface area contributed by atoms with E-state index in [0.29, 0.717) is 6.54 Å². The Labute approximate surface area is 89.0 Å². The summed E-state index contributed by atoms with van der Waals surface area (Å²) < 4.78 is 1.75. The summed E-state index contributed by atoms with van der Waals surface area (Å²) in [7, 11) is 3.77. The average molecular weight is 211 g/mol. The second-order valence-electron chi connectivity index (χ2n) is 3.60. The van der Waals surface area contributed by atoms with E-state index in [2.05, 4.69) is 10.3 Å². The molecule has 1 heterocycles. The van der Waals surface area contributed by atoms with Gasteiger partial charge in [-0.15, -0.1) is 0 Å². The van der Waals surface area contributed by atoms with Gasteiger partial charge >= 0.3 is 0 Å². The number of amidine groups is 1. The van der Waals surface area contributed by atoms with Crippen LogP contribution in [0.1, 0.15) is 12.6 Å². The highest BCUT2D eigenvalue weighted by Gasteiger charge is 2.14. The third kappa shape index (κ3) is 2.95. The van der Waals surface area contributed by atoms with Gasteiger partial charge < -0.3 is 10.9 Å².